The second kappa shape index (κ2) is 4.19. The lowest BCUT2D eigenvalue weighted by Gasteiger charge is -2.09. The molecule has 1 saturated heterocycles. The molecule has 1 aromatic rings. The molecule has 1 aliphatic heterocycles. The fourth-order valence-corrected chi connectivity index (χ4v) is 1.56. The van der Waals surface area contributed by atoms with Gasteiger partial charge in [-0.1, -0.05) is 6.07 Å². The molecule has 2 N–H and O–H groups in total. The Bertz CT molecular complexity index is 306. The molecule has 1 atom stereocenters. The summed E-state index contributed by atoms with van der Waals surface area (Å²) in [7, 11) is 0. The van der Waals surface area contributed by atoms with E-state index in [2.05, 4.69) is 15.6 Å². The van der Waals surface area contributed by atoms with Gasteiger partial charge in [-0.25, -0.2) is 4.98 Å². The van der Waals surface area contributed by atoms with Crippen LogP contribution in [0.4, 0.5) is 5.82 Å². The normalized spacial score (nSPS) is 20.7. The Labute approximate surface area is 82.7 Å². The number of rotatable bonds is 2. The molecule has 0 aliphatic carbocycles. The molecule has 4 nitrogen and oxygen atoms in total. The van der Waals surface area contributed by atoms with Crippen molar-refractivity contribution in [1.29, 1.82) is 0 Å². The third-order valence-corrected chi connectivity index (χ3v) is 2.29. The summed E-state index contributed by atoms with van der Waals surface area (Å²) >= 11 is 0. The monoisotopic (exact) mass is 191 g/mol. The summed E-state index contributed by atoms with van der Waals surface area (Å²) in [5, 5.41) is 5.91. The molecule has 1 aliphatic rings. The van der Waals surface area contributed by atoms with Crippen LogP contribution in [0.1, 0.15) is 12.8 Å². The minimum Gasteiger partial charge on any atom is -0.309 e. The number of hydrogen-bond acceptors (Lipinski definition) is 3. The smallest absolute Gasteiger partial charge is 0.242 e. The van der Waals surface area contributed by atoms with Crippen LogP contribution >= 0.6 is 0 Å². The lowest BCUT2D eigenvalue weighted by atomic mass is 10.2. The van der Waals surface area contributed by atoms with Gasteiger partial charge in [0.15, 0.2) is 0 Å². The van der Waals surface area contributed by atoms with Crippen molar-refractivity contribution >= 4 is 11.7 Å². The molecular formula is C10H13N3O. The molecule has 0 saturated carbocycles. The quantitative estimate of drug-likeness (QED) is 0.726. The maximum Gasteiger partial charge on any atom is 0.242 e. The van der Waals surface area contributed by atoms with Gasteiger partial charge in [0, 0.05) is 6.20 Å². The number of nitrogens with zero attached hydrogens (tertiary/aromatic N) is 1. The Morgan fingerprint density at radius 1 is 1.57 bits per heavy atom. The first-order valence-electron chi connectivity index (χ1n) is 4.81. The Morgan fingerprint density at radius 2 is 2.50 bits per heavy atom. The van der Waals surface area contributed by atoms with E-state index in [1.807, 2.05) is 12.1 Å². The molecule has 1 aromatic heterocycles. The van der Waals surface area contributed by atoms with Crippen LogP contribution in [0.3, 0.4) is 0 Å². The minimum atomic E-state index is -0.0444. The first-order valence-corrected chi connectivity index (χ1v) is 4.81. The molecule has 0 spiro atoms. The van der Waals surface area contributed by atoms with Crippen LogP contribution in [0.15, 0.2) is 24.4 Å². The van der Waals surface area contributed by atoms with Gasteiger partial charge in [0.05, 0.1) is 6.04 Å². The first-order chi connectivity index (χ1) is 6.86. The van der Waals surface area contributed by atoms with Crippen molar-refractivity contribution in [1.82, 2.24) is 10.3 Å². The van der Waals surface area contributed by atoms with E-state index in [4.69, 9.17) is 0 Å². The molecule has 0 aromatic carbocycles. The highest BCUT2D eigenvalue weighted by atomic mass is 16.2. The molecular weight excluding hydrogens is 178 g/mol. The van der Waals surface area contributed by atoms with E-state index in [-0.39, 0.29) is 11.9 Å². The first kappa shape index (κ1) is 9.15. The number of carbonyl (C=O) groups is 1. The van der Waals surface area contributed by atoms with Crippen molar-refractivity contribution in [3.05, 3.63) is 24.4 Å². The van der Waals surface area contributed by atoms with Crippen LogP contribution in [0.25, 0.3) is 0 Å². The number of anilines is 1. The zero-order valence-corrected chi connectivity index (χ0v) is 7.86. The Kier molecular flexibility index (Phi) is 2.74. The van der Waals surface area contributed by atoms with Crippen molar-refractivity contribution in [3.63, 3.8) is 0 Å². The van der Waals surface area contributed by atoms with Gasteiger partial charge in [-0.05, 0) is 31.5 Å². The van der Waals surface area contributed by atoms with Crippen molar-refractivity contribution in [3.8, 4) is 0 Å². The Morgan fingerprint density at radius 3 is 3.14 bits per heavy atom. The highest BCUT2D eigenvalue weighted by Gasteiger charge is 2.21. The third-order valence-electron chi connectivity index (χ3n) is 2.29. The fraction of sp³-hybridized carbons (Fsp3) is 0.400. The summed E-state index contributed by atoms with van der Waals surface area (Å²) < 4.78 is 0. The average Bonchev–Trinajstić information content (AvgIpc) is 2.72. The summed E-state index contributed by atoms with van der Waals surface area (Å²) in [5.41, 5.74) is 0. The van der Waals surface area contributed by atoms with Crippen LogP contribution in [0.5, 0.6) is 0 Å². The number of pyridine rings is 1. The summed E-state index contributed by atoms with van der Waals surface area (Å²) in [6.07, 6.45) is 3.65. The van der Waals surface area contributed by atoms with E-state index in [9.17, 15) is 4.79 Å². The summed E-state index contributed by atoms with van der Waals surface area (Å²) in [4.78, 5) is 15.6. The maximum atomic E-state index is 11.6. The van der Waals surface area contributed by atoms with E-state index in [1.165, 1.54) is 0 Å². The zero-order chi connectivity index (χ0) is 9.80. The van der Waals surface area contributed by atoms with Crippen LogP contribution < -0.4 is 10.6 Å². The second-order valence-electron chi connectivity index (χ2n) is 3.35. The molecule has 0 unspecified atom stereocenters. The van der Waals surface area contributed by atoms with Gasteiger partial charge in [0.1, 0.15) is 5.82 Å². The standard InChI is InChI=1S/C10H13N3O/c14-10(8-4-3-7-11-8)13-9-5-1-2-6-12-9/h1-2,5-6,8,11H,3-4,7H2,(H,12,13,14)/t8-/m1/s1. The fourth-order valence-electron chi connectivity index (χ4n) is 1.56. The molecule has 14 heavy (non-hydrogen) atoms. The molecule has 2 heterocycles. The predicted molar refractivity (Wildman–Crippen MR) is 53.9 cm³/mol. The lowest BCUT2D eigenvalue weighted by Crippen LogP contribution is -2.35. The summed E-state index contributed by atoms with van der Waals surface area (Å²) in [6.45, 7) is 0.931. The SMILES string of the molecule is O=C(Nc1ccccn1)[C@H]1CCCN1. The van der Waals surface area contributed by atoms with Crippen LogP contribution in [-0.4, -0.2) is 23.5 Å². The van der Waals surface area contributed by atoms with Gasteiger partial charge in [-0.3, -0.25) is 4.79 Å². The third kappa shape index (κ3) is 2.09. The van der Waals surface area contributed by atoms with E-state index in [0.29, 0.717) is 5.82 Å². The van der Waals surface area contributed by atoms with Gasteiger partial charge in [-0.2, -0.15) is 0 Å². The lowest BCUT2D eigenvalue weighted by molar-refractivity contribution is -0.117. The van der Waals surface area contributed by atoms with Gasteiger partial charge in [-0.15, -0.1) is 0 Å². The minimum absolute atomic E-state index is 0.0150. The number of aromatic nitrogens is 1. The van der Waals surface area contributed by atoms with Gasteiger partial charge >= 0.3 is 0 Å². The molecule has 0 bridgehead atoms. The van der Waals surface area contributed by atoms with Gasteiger partial charge in [0.2, 0.25) is 5.91 Å². The summed E-state index contributed by atoms with van der Waals surface area (Å²) in [6, 6.07) is 5.41. The molecule has 4 heteroatoms. The molecule has 74 valence electrons. The van der Waals surface area contributed by atoms with Gasteiger partial charge in [0.25, 0.3) is 0 Å². The molecule has 1 fully saturated rings. The van der Waals surface area contributed by atoms with E-state index >= 15 is 0 Å². The number of amides is 1. The highest BCUT2D eigenvalue weighted by Crippen LogP contribution is 2.08. The summed E-state index contributed by atoms with van der Waals surface area (Å²) in [5.74, 6) is 0.632. The van der Waals surface area contributed by atoms with Crippen molar-refractivity contribution in [2.45, 2.75) is 18.9 Å². The molecule has 1 amide bonds. The predicted octanol–water partition coefficient (Wildman–Crippen LogP) is 0.772. The number of hydrogen-bond donors (Lipinski definition) is 2. The van der Waals surface area contributed by atoms with Crippen LogP contribution in [0, 0.1) is 0 Å². The maximum absolute atomic E-state index is 11.6. The van der Waals surface area contributed by atoms with Crippen LogP contribution in [0.2, 0.25) is 0 Å². The highest BCUT2D eigenvalue weighted by molar-refractivity contribution is 5.94. The molecule has 2 rings (SSSR count). The van der Waals surface area contributed by atoms with E-state index < -0.39 is 0 Å². The number of nitrogens with one attached hydrogen (secondary N) is 2. The Balaban J connectivity index is 1.94. The average molecular weight is 191 g/mol. The zero-order valence-electron chi connectivity index (χ0n) is 7.86. The Hall–Kier alpha value is -1.42. The largest absolute Gasteiger partial charge is 0.309 e. The van der Waals surface area contributed by atoms with E-state index in [1.54, 1.807) is 12.3 Å². The van der Waals surface area contributed by atoms with Crippen molar-refractivity contribution in [2.24, 2.45) is 0 Å². The number of carbonyl (C=O) groups excluding carboxylic acids is 1. The van der Waals surface area contributed by atoms with Crippen molar-refractivity contribution in [2.75, 3.05) is 11.9 Å². The van der Waals surface area contributed by atoms with Crippen molar-refractivity contribution < 1.29 is 4.79 Å². The second-order valence-corrected chi connectivity index (χ2v) is 3.35. The van der Waals surface area contributed by atoms with Gasteiger partial charge < -0.3 is 10.6 Å². The topological polar surface area (TPSA) is 54.0 Å². The van der Waals surface area contributed by atoms with Crippen LogP contribution in [-0.2, 0) is 4.79 Å². The molecule has 0 radical (unpaired) electrons. The van der Waals surface area contributed by atoms with E-state index in [0.717, 1.165) is 19.4 Å².